The number of nitrogens with one attached hydrogen (secondary N) is 3. The first-order chi connectivity index (χ1) is 17.1. The van der Waals surface area contributed by atoms with Crippen LogP contribution in [0.5, 0.6) is 0 Å². The molecule has 0 unspecified atom stereocenters. The van der Waals surface area contributed by atoms with Crippen LogP contribution in [0, 0.1) is 5.92 Å². The van der Waals surface area contributed by atoms with Crippen molar-refractivity contribution in [1.29, 1.82) is 0 Å². The SMILES string of the molecule is [2H]C([2H])([2H])NC(=O)c1cnc(NC(=O)C2CC2)cc1Nc1cn(C)c2ccn([C@@H]3CCOC3)c(=O)c12. The standard InChI is InChI=1S/C23H26N6O4/c1-24-22(31)15-10-25-19(27-21(30)13-3-4-13)9-16(15)26-17-11-28(2)18-5-7-29(23(32)20(17)18)14-6-8-33-12-14/h5,7,9-11,13-14H,3-4,6,8,12H2,1-2H3,(H,24,31)(H2,25,26,27,30)/t14-/m1/s1/i1D3. The smallest absolute Gasteiger partial charge is 0.262 e. The molecule has 1 aliphatic carbocycles. The molecule has 5 rings (SSSR count). The Morgan fingerprint density at radius 2 is 2.12 bits per heavy atom. The van der Waals surface area contributed by atoms with E-state index >= 15 is 0 Å². The highest BCUT2D eigenvalue weighted by molar-refractivity contribution is 6.03. The number of fused-ring (bicyclic) bond motifs is 1. The second-order valence-corrected chi connectivity index (χ2v) is 8.42. The first kappa shape index (κ1) is 17.8. The van der Waals surface area contributed by atoms with Gasteiger partial charge in [-0.2, -0.15) is 0 Å². The van der Waals surface area contributed by atoms with Gasteiger partial charge in [0.1, 0.15) is 5.82 Å². The van der Waals surface area contributed by atoms with Crippen LogP contribution in [0.3, 0.4) is 0 Å². The average Bonchev–Trinajstić information content (AvgIpc) is 3.42. The van der Waals surface area contributed by atoms with Crippen molar-refractivity contribution in [2.75, 3.05) is 30.8 Å². The summed E-state index contributed by atoms with van der Waals surface area (Å²) in [7, 11) is 1.80. The van der Waals surface area contributed by atoms with E-state index in [1.54, 1.807) is 28.6 Å². The van der Waals surface area contributed by atoms with Crippen molar-refractivity contribution in [1.82, 2.24) is 19.4 Å². The maximum atomic E-state index is 13.5. The fourth-order valence-electron chi connectivity index (χ4n) is 4.13. The van der Waals surface area contributed by atoms with Crippen LogP contribution in [0.4, 0.5) is 17.2 Å². The van der Waals surface area contributed by atoms with Gasteiger partial charge in [-0.25, -0.2) is 4.98 Å². The summed E-state index contributed by atoms with van der Waals surface area (Å²) in [4.78, 5) is 42.6. The van der Waals surface area contributed by atoms with Crippen molar-refractivity contribution in [2.24, 2.45) is 13.0 Å². The molecule has 2 amide bonds. The molecule has 0 bridgehead atoms. The van der Waals surface area contributed by atoms with Crippen LogP contribution in [-0.2, 0) is 16.6 Å². The number of amides is 2. The van der Waals surface area contributed by atoms with E-state index in [4.69, 9.17) is 8.85 Å². The van der Waals surface area contributed by atoms with E-state index in [1.165, 1.54) is 12.3 Å². The molecule has 1 saturated carbocycles. The summed E-state index contributed by atoms with van der Waals surface area (Å²) in [5.74, 6) is -0.885. The summed E-state index contributed by atoms with van der Waals surface area (Å²) in [6.45, 7) is -1.66. The minimum Gasteiger partial charge on any atom is -0.379 e. The zero-order valence-electron chi connectivity index (χ0n) is 21.1. The van der Waals surface area contributed by atoms with E-state index in [0.717, 1.165) is 19.3 Å². The number of hydrogen-bond donors (Lipinski definition) is 3. The van der Waals surface area contributed by atoms with Crippen LogP contribution in [0.25, 0.3) is 10.9 Å². The molecule has 2 fully saturated rings. The van der Waals surface area contributed by atoms with Crippen molar-refractivity contribution in [3.63, 3.8) is 0 Å². The van der Waals surface area contributed by atoms with Gasteiger partial charge in [0, 0.05) is 55.3 Å². The van der Waals surface area contributed by atoms with Crippen LogP contribution in [-0.4, -0.2) is 46.1 Å². The Bertz CT molecular complexity index is 1400. The van der Waals surface area contributed by atoms with E-state index in [0.29, 0.717) is 29.8 Å². The average molecular weight is 454 g/mol. The molecule has 0 spiro atoms. The Morgan fingerprint density at radius 3 is 2.85 bits per heavy atom. The maximum Gasteiger partial charge on any atom is 0.262 e. The molecular weight excluding hydrogens is 424 g/mol. The lowest BCUT2D eigenvalue weighted by molar-refractivity contribution is -0.117. The number of ether oxygens (including phenoxy) is 1. The third-order valence-electron chi connectivity index (χ3n) is 6.10. The van der Waals surface area contributed by atoms with Crippen molar-refractivity contribution < 1.29 is 18.4 Å². The number of rotatable bonds is 6. The molecule has 1 saturated heterocycles. The van der Waals surface area contributed by atoms with Gasteiger partial charge < -0.3 is 29.8 Å². The van der Waals surface area contributed by atoms with E-state index in [9.17, 15) is 14.4 Å². The summed E-state index contributed by atoms with van der Waals surface area (Å²) in [6.07, 6.45) is 7.02. The molecule has 4 heterocycles. The van der Waals surface area contributed by atoms with Crippen LogP contribution in [0.15, 0.2) is 35.5 Å². The minimum atomic E-state index is -2.70. The first-order valence-electron chi connectivity index (χ1n) is 12.3. The Kier molecular flexibility index (Phi) is 4.52. The van der Waals surface area contributed by atoms with Gasteiger partial charge in [0.05, 0.1) is 40.5 Å². The highest BCUT2D eigenvalue weighted by Crippen LogP contribution is 2.32. The monoisotopic (exact) mass is 453 g/mol. The second kappa shape index (κ2) is 8.36. The predicted octanol–water partition coefficient (Wildman–Crippen LogP) is 2.15. The zero-order chi connectivity index (χ0) is 25.6. The van der Waals surface area contributed by atoms with Crippen LogP contribution in [0.2, 0.25) is 0 Å². The number of nitrogens with zero attached hydrogens (tertiary/aromatic N) is 3. The first-order valence-corrected chi connectivity index (χ1v) is 10.8. The Hall–Kier alpha value is -3.66. The van der Waals surface area contributed by atoms with E-state index in [-0.39, 0.29) is 40.5 Å². The quantitative estimate of drug-likeness (QED) is 0.526. The molecule has 0 aromatic carbocycles. The summed E-state index contributed by atoms with van der Waals surface area (Å²) in [6, 6.07) is 3.23. The van der Waals surface area contributed by atoms with E-state index in [1.807, 2.05) is 11.4 Å². The van der Waals surface area contributed by atoms with Gasteiger partial charge in [-0.15, -0.1) is 0 Å². The fourth-order valence-corrected chi connectivity index (χ4v) is 4.13. The third kappa shape index (κ3) is 3.97. The Labute approximate surface area is 194 Å². The molecular formula is C23H26N6O4. The van der Waals surface area contributed by atoms with Crippen LogP contribution in [0.1, 0.15) is 39.8 Å². The highest BCUT2D eigenvalue weighted by atomic mass is 16.5. The summed E-state index contributed by atoms with van der Waals surface area (Å²) < 4.78 is 31.0. The van der Waals surface area contributed by atoms with Crippen molar-refractivity contribution in [3.8, 4) is 0 Å². The van der Waals surface area contributed by atoms with Crippen molar-refractivity contribution in [3.05, 3.63) is 46.6 Å². The normalized spacial score (nSPS) is 19.5. The molecule has 10 nitrogen and oxygen atoms in total. The number of pyridine rings is 2. The van der Waals surface area contributed by atoms with Gasteiger partial charge in [0.15, 0.2) is 0 Å². The number of anilines is 3. The highest BCUT2D eigenvalue weighted by Gasteiger charge is 2.30. The molecule has 3 N–H and O–H groups in total. The summed E-state index contributed by atoms with van der Waals surface area (Å²) in [5.41, 5.74) is 1.05. The topological polar surface area (TPSA) is 119 Å². The molecule has 172 valence electrons. The van der Waals surface area contributed by atoms with Crippen LogP contribution >= 0.6 is 0 Å². The van der Waals surface area contributed by atoms with Gasteiger partial charge in [0.25, 0.3) is 11.5 Å². The molecule has 1 atom stereocenters. The number of hydrogen-bond acceptors (Lipinski definition) is 6. The number of carbonyl (C=O) groups is 2. The maximum absolute atomic E-state index is 13.5. The summed E-state index contributed by atoms with van der Waals surface area (Å²) in [5, 5.41) is 8.22. The van der Waals surface area contributed by atoms with Crippen LogP contribution < -0.4 is 21.5 Å². The Balaban J connectivity index is 1.56. The Morgan fingerprint density at radius 1 is 1.27 bits per heavy atom. The third-order valence-corrected chi connectivity index (χ3v) is 6.10. The number of aryl methyl sites for hydroxylation is 1. The summed E-state index contributed by atoms with van der Waals surface area (Å²) >= 11 is 0. The zero-order valence-corrected chi connectivity index (χ0v) is 18.1. The van der Waals surface area contributed by atoms with Gasteiger partial charge in [-0.3, -0.25) is 14.4 Å². The molecule has 3 aromatic heterocycles. The van der Waals surface area contributed by atoms with Gasteiger partial charge in [0.2, 0.25) is 5.91 Å². The van der Waals surface area contributed by atoms with Gasteiger partial charge in [-0.05, 0) is 25.3 Å². The largest absolute Gasteiger partial charge is 0.379 e. The van der Waals surface area contributed by atoms with Crippen molar-refractivity contribution >= 4 is 39.9 Å². The molecule has 1 aliphatic heterocycles. The van der Waals surface area contributed by atoms with Gasteiger partial charge in [-0.1, -0.05) is 0 Å². The predicted molar refractivity (Wildman–Crippen MR) is 124 cm³/mol. The molecule has 0 radical (unpaired) electrons. The molecule has 3 aromatic rings. The number of aromatic nitrogens is 3. The molecule has 2 aliphatic rings. The molecule has 10 heteroatoms. The lowest BCUT2D eigenvalue weighted by Crippen LogP contribution is -2.25. The van der Waals surface area contributed by atoms with E-state index in [2.05, 4.69) is 15.6 Å². The number of carbonyl (C=O) groups excluding carboxylic acids is 2. The second-order valence-electron chi connectivity index (χ2n) is 8.42. The lowest BCUT2D eigenvalue weighted by atomic mass is 10.2. The van der Waals surface area contributed by atoms with E-state index < -0.39 is 12.9 Å². The minimum absolute atomic E-state index is 0.0481. The fraction of sp³-hybridized carbons (Fsp3) is 0.391. The lowest BCUT2D eigenvalue weighted by Gasteiger charge is -2.14. The van der Waals surface area contributed by atoms with Crippen molar-refractivity contribution in [2.45, 2.75) is 25.3 Å². The molecule has 33 heavy (non-hydrogen) atoms. The van der Waals surface area contributed by atoms with Gasteiger partial charge >= 0.3 is 0 Å².